The van der Waals surface area contributed by atoms with Crippen molar-refractivity contribution in [2.75, 3.05) is 5.32 Å². The number of hydrogen-bond acceptors (Lipinski definition) is 3. The average molecular weight is 370 g/mol. The maximum absolute atomic E-state index is 12.4. The lowest BCUT2D eigenvalue weighted by Gasteiger charge is -2.17. The lowest BCUT2D eigenvalue weighted by Crippen LogP contribution is -2.30. The quantitative estimate of drug-likeness (QED) is 0.782. The molecule has 4 nitrogen and oxygen atoms in total. The summed E-state index contributed by atoms with van der Waals surface area (Å²) in [5, 5.41) is 3.26. The molecule has 0 aliphatic carbocycles. The van der Waals surface area contributed by atoms with E-state index in [0.29, 0.717) is 22.0 Å². The van der Waals surface area contributed by atoms with Gasteiger partial charge in [0.05, 0.1) is 0 Å². The number of aryl methyl sites for hydroxylation is 1. The Labute approximate surface area is 149 Å². The number of amides is 1. The fourth-order valence-electron chi connectivity index (χ4n) is 2.16. The Bertz CT molecular complexity index is 768. The van der Waals surface area contributed by atoms with Gasteiger partial charge in [0.15, 0.2) is 6.10 Å². The third-order valence-corrected chi connectivity index (χ3v) is 3.99. The van der Waals surface area contributed by atoms with E-state index in [1.54, 1.807) is 38.1 Å². The standard InChI is InChI=1S/C18H18ClF2NO3/c1-10-9-13(7-8-14(10)19)24-12(3)17(23)22-15-5-4-6-16(11(15)2)25-18(20)21/h4-9,12,18H,1-3H3,(H,22,23). The Kier molecular flexibility index (Phi) is 6.20. The van der Waals surface area contributed by atoms with Gasteiger partial charge < -0.3 is 14.8 Å². The second-order valence-electron chi connectivity index (χ2n) is 5.47. The predicted molar refractivity (Wildman–Crippen MR) is 92.7 cm³/mol. The van der Waals surface area contributed by atoms with Crippen LogP contribution in [0.1, 0.15) is 18.1 Å². The SMILES string of the molecule is Cc1cc(OC(C)C(=O)Nc2cccc(OC(F)F)c2C)ccc1Cl. The fourth-order valence-corrected chi connectivity index (χ4v) is 2.27. The highest BCUT2D eigenvalue weighted by Gasteiger charge is 2.18. The molecule has 1 unspecified atom stereocenters. The zero-order valence-corrected chi connectivity index (χ0v) is 14.7. The van der Waals surface area contributed by atoms with Crippen molar-refractivity contribution in [1.29, 1.82) is 0 Å². The monoisotopic (exact) mass is 369 g/mol. The van der Waals surface area contributed by atoms with Crippen LogP contribution < -0.4 is 14.8 Å². The average Bonchev–Trinajstić information content (AvgIpc) is 2.54. The van der Waals surface area contributed by atoms with Crippen LogP contribution in [0.2, 0.25) is 5.02 Å². The maximum atomic E-state index is 12.4. The van der Waals surface area contributed by atoms with Gasteiger partial charge >= 0.3 is 6.61 Å². The summed E-state index contributed by atoms with van der Waals surface area (Å²) in [4.78, 5) is 12.3. The first-order valence-electron chi connectivity index (χ1n) is 7.56. The van der Waals surface area contributed by atoms with Crippen LogP contribution >= 0.6 is 11.6 Å². The van der Waals surface area contributed by atoms with Crippen molar-refractivity contribution in [2.45, 2.75) is 33.5 Å². The molecule has 134 valence electrons. The van der Waals surface area contributed by atoms with Gasteiger partial charge in [-0.2, -0.15) is 8.78 Å². The Morgan fingerprint density at radius 2 is 1.88 bits per heavy atom. The summed E-state index contributed by atoms with van der Waals surface area (Å²) in [5.74, 6) is 0.107. The summed E-state index contributed by atoms with van der Waals surface area (Å²) >= 11 is 5.96. The minimum absolute atomic E-state index is 0.00898. The lowest BCUT2D eigenvalue weighted by atomic mass is 10.1. The molecule has 0 aliphatic rings. The number of carbonyl (C=O) groups is 1. The largest absolute Gasteiger partial charge is 0.481 e. The molecule has 0 fully saturated rings. The van der Waals surface area contributed by atoms with E-state index in [1.807, 2.05) is 6.92 Å². The van der Waals surface area contributed by atoms with E-state index in [1.165, 1.54) is 12.1 Å². The number of ether oxygens (including phenoxy) is 2. The third kappa shape index (κ3) is 5.06. The van der Waals surface area contributed by atoms with Crippen LogP contribution in [0.3, 0.4) is 0 Å². The number of nitrogens with one attached hydrogen (secondary N) is 1. The number of carbonyl (C=O) groups excluding carboxylic acids is 1. The molecule has 0 aromatic heterocycles. The number of alkyl halides is 2. The van der Waals surface area contributed by atoms with Crippen molar-refractivity contribution >= 4 is 23.2 Å². The fraction of sp³-hybridized carbons (Fsp3) is 0.278. The van der Waals surface area contributed by atoms with E-state index in [4.69, 9.17) is 16.3 Å². The Morgan fingerprint density at radius 3 is 2.52 bits per heavy atom. The van der Waals surface area contributed by atoms with Gasteiger partial charge in [-0.1, -0.05) is 17.7 Å². The maximum Gasteiger partial charge on any atom is 0.387 e. The lowest BCUT2D eigenvalue weighted by molar-refractivity contribution is -0.122. The summed E-state index contributed by atoms with van der Waals surface area (Å²) in [5.41, 5.74) is 1.62. The first-order valence-corrected chi connectivity index (χ1v) is 7.94. The summed E-state index contributed by atoms with van der Waals surface area (Å²) in [6, 6.07) is 9.62. The minimum Gasteiger partial charge on any atom is -0.481 e. The second-order valence-corrected chi connectivity index (χ2v) is 5.87. The summed E-state index contributed by atoms with van der Waals surface area (Å²) in [6.45, 7) is 2.08. The number of hydrogen-bond donors (Lipinski definition) is 1. The highest BCUT2D eigenvalue weighted by atomic mass is 35.5. The highest BCUT2D eigenvalue weighted by molar-refractivity contribution is 6.31. The van der Waals surface area contributed by atoms with E-state index in [2.05, 4.69) is 10.1 Å². The van der Waals surface area contributed by atoms with Crippen molar-refractivity contribution in [2.24, 2.45) is 0 Å². The van der Waals surface area contributed by atoms with Crippen molar-refractivity contribution in [3.63, 3.8) is 0 Å². The van der Waals surface area contributed by atoms with Gasteiger partial charge in [-0.3, -0.25) is 4.79 Å². The van der Waals surface area contributed by atoms with Crippen LogP contribution in [-0.4, -0.2) is 18.6 Å². The molecule has 7 heteroatoms. The molecule has 0 saturated heterocycles. The number of halogens is 3. The molecule has 1 atom stereocenters. The van der Waals surface area contributed by atoms with Crippen molar-refractivity contribution < 1.29 is 23.0 Å². The van der Waals surface area contributed by atoms with Crippen molar-refractivity contribution in [3.8, 4) is 11.5 Å². The van der Waals surface area contributed by atoms with Gasteiger partial charge in [-0.15, -0.1) is 0 Å². The molecule has 0 aliphatic heterocycles. The number of benzene rings is 2. The van der Waals surface area contributed by atoms with Crippen LogP contribution in [-0.2, 0) is 4.79 Å². The second kappa shape index (κ2) is 8.16. The number of rotatable bonds is 6. The molecule has 0 heterocycles. The zero-order valence-electron chi connectivity index (χ0n) is 14.0. The molecular formula is C18H18ClF2NO3. The predicted octanol–water partition coefficient (Wildman–Crippen LogP) is 4.96. The third-order valence-electron chi connectivity index (χ3n) is 3.57. The van der Waals surface area contributed by atoms with Crippen LogP contribution in [0.4, 0.5) is 14.5 Å². The molecule has 0 saturated carbocycles. The van der Waals surface area contributed by atoms with E-state index < -0.39 is 18.6 Å². The van der Waals surface area contributed by atoms with Gasteiger partial charge in [0.1, 0.15) is 11.5 Å². The van der Waals surface area contributed by atoms with Crippen molar-refractivity contribution in [3.05, 3.63) is 52.5 Å². The van der Waals surface area contributed by atoms with Crippen LogP contribution in [0, 0.1) is 13.8 Å². The molecule has 2 rings (SSSR count). The van der Waals surface area contributed by atoms with Gasteiger partial charge in [-0.25, -0.2) is 0 Å². The van der Waals surface area contributed by atoms with E-state index in [9.17, 15) is 13.6 Å². The Hall–Kier alpha value is -2.34. The van der Waals surface area contributed by atoms with Gasteiger partial charge in [-0.05, 0) is 56.7 Å². The van der Waals surface area contributed by atoms with Gasteiger partial charge in [0.2, 0.25) is 0 Å². The molecule has 0 bridgehead atoms. The Morgan fingerprint density at radius 1 is 1.16 bits per heavy atom. The smallest absolute Gasteiger partial charge is 0.387 e. The van der Waals surface area contributed by atoms with E-state index in [0.717, 1.165) is 5.56 Å². The summed E-state index contributed by atoms with van der Waals surface area (Å²) in [7, 11) is 0. The molecular weight excluding hydrogens is 352 g/mol. The van der Waals surface area contributed by atoms with Crippen LogP contribution in [0.15, 0.2) is 36.4 Å². The first-order chi connectivity index (χ1) is 11.8. The van der Waals surface area contributed by atoms with Crippen molar-refractivity contribution in [1.82, 2.24) is 0 Å². The minimum atomic E-state index is -2.93. The summed E-state index contributed by atoms with van der Waals surface area (Å²) < 4.78 is 34.8. The molecule has 2 aromatic rings. The molecule has 0 spiro atoms. The topological polar surface area (TPSA) is 47.6 Å². The molecule has 1 N–H and O–H groups in total. The number of anilines is 1. The van der Waals surface area contributed by atoms with E-state index >= 15 is 0 Å². The molecule has 0 radical (unpaired) electrons. The van der Waals surface area contributed by atoms with Crippen LogP contribution in [0.25, 0.3) is 0 Å². The van der Waals surface area contributed by atoms with E-state index in [-0.39, 0.29) is 5.75 Å². The van der Waals surface area contributed by atoms with Crippen LogP contribution in [0.5, 0.6) is 11.5 Å². The molecule has 25 heavy (non-hydrogen) atoms. The van der Waals surface area contributed by atoms with Gasteiger partial charge in [0.25, 0.3) is 5.91 Å². The summed E-state index contributed by atoms with van der Waals surface area (Å²) in [6.07, 6.45) is -0.792. The zero-order chi connectivity index (χ0) is 18.6. The highest BCUT2D eigenvalue weighted by Crippen LogP contribution is 2.27. The first kappa shape index (κ1) is 19.0. The molecule has 1 amide bonds. The van der Waals surface area contributed by atoms with Gasteiger partial charge in [0, 0.05) is 16.3 Å². The molecule has 2 aromatic carbocycles. The Balaban J connectivity index is 2.07. The normalized spacial score (nSPS) is 12.0.